The molecule has 0 aromatic rings. The van der Waals surface area contributed by atoms with Gasteiger partial charge in [0.05, 0.1) is 6.61 Å². The van der Waals surface area contributed by atoms with Gasteiger partial charge in [-0.15, -0.1) is 0 Å². The summed E-state index contributed by atoms with van der Waals surface area (Å²) in [7, 11) is 1.81. The minimum atomic E-state index is 0.815. The van der Waals surface area contributed by atoms with Crippen molar-refractivity contribution < 1.29 is 4.74 Å². The van der Waals surface area contributed by atoms with Gasteiger partial charge in [-0.1, -0.05) is 6.42 Å². The van der Waals surface area contributed by atoms with Crippen LogP contribution in [0, 0.1) is 5.92 Å². The van der Waals surface area contributed by atoms with Crippen LogP contribution in [-0.4, -0.2) is 37.7 Å². The van der Waals surface area contributed by atoms with Crippen LogP contribution >= 0.6 is 0 Å². The number of likely N-dealkylation sites (tertiary alicyclic amines) is 1. The largest absolute Gasteiger partial charge is 0.384 e. The van der Waals surface area contributed by atoms with Gasteiger partial charge in [0.1, 0.15) is 0 Å². The number of hydrogen-bond acceptors (Lipinski definition) is 2. The van der Waals surface area contributed by atoms with Crippen molar-refractivity contribution >= 4 is 0 Å². The van der Waals surface area contributed by atoms with Crippen molar-refractivity contribution in [3.05, 3.63) is 0 Å². The lowest BCUT2D eigenvalue weighted by Gasteiger charge is -2.34. The molecule has 1 atom stereocenters. The first kappa shape index (κ1) is 8.52. The highest BCUT2D eigenvalue weighted by Gasteiger charge is 2.30. The molecule has 2 nitrogen and oxygen atoms in total. The molecule has 0 radical (unpaired) electrons. The van der Waals surface area contributed by atoms with Crippen LogP contribution in [-0.2, 0) is 4.74 Å². The van der Waals surface area contributed by atoms with Gasteiger partial charge in [0.25, 0.3) is 0 Å². The molecule has 1 heterocycles. The third kappa shape index (κ3) is 1.64. The number of hydrogen-bond donors (Lipinski definition) is 0. The van der Waals surface area contributed by atoms with Crippen LogP contribution in [0.2, 0.25) is 0 Å². The molecule has 1 aliphatic carbocycles. The van der Waals surface area contributed by atoms with E-state index in [0.29, 0.717) is 0 Å². The fraction of sp³-hybridized carbons (Fsp3) is 1.00. The zero-order valence-corrected chi connectivity index (χ0v) is 7.96. The van der Waals surface area contributed by atoms with E-state index in [2.05, 4.69) is 4.90 Å². The van der Waals surface area contributed by atoms with E-state index in [0.717, 1.165) is 18.6 Å². The van der Waals surface area contributed by atoms with Gasteiger partial charge in [-0.3, -0.25) is 0 Å². The molecule has 1 saturated heterocycles. The van der Waals surface area contributed by atoms with E-state index in [9.17, 15) is 0 Å². The summed E-state index contributed by atoms with van der Waals surface area (Å²) >= 11 is 0. The van der Waals surface area contributed by atoms with Crippen molar-refractivity contribution in [2.75, 3.05) is 26.8 Å². The lowest BCUT2D eigenvalue weighted by molar-refractivity contribution is 0.126. The Kier molecular flexibility index (Phi) is 2.66. The van der Waals surface area contributed by atoms with Crippen molar-refractivity contribution in [1.82, 2.24) is 4.90 Å². The highest BCUT2D eigenvalue weighted by molar-refractivity contribution is 4.85. The monoisotopic (exact) mass is 169 g/mol. The molecule has 0 aromatic carbocycles. The summed E-state index contributed by atoms with van der Waals surface area (Å²) in [5, 5.41) is 0. The number of methoxy groups -OCH3 is 1. The molecule has 0 unspecified atom stereocenters. The van der Waals surface area contributed by atoms with Gasteiger partial charge in [0.15, 0.2) is 0 Å². The fourth-order valence-corrected chi connectivity index (χ4v) is 2.32. The van der Waals surface area contributed by atoms with Crippen molar-refractivity contribution in [2.24, 2.45) is 5.92 Å². The second kappa shape index (κ2) is 3.75. The van der Waals surface area contributed by atoms with Gasteiger partial charge in [0, 0.05) is 19.7 Å². The van der Waals surface area contributed by atoms with Crippen LogP contribution < -0.4 is 0 Å². The Morgan fingerprint density at radius 3 is 2.75 bits per heavy atom. The molecular formula is C10H19NO. The van der Waals surface area contributed by atoms with Gasteiger partial charge in [-0.2, -0.15) is 0 Å². The third-order valence-electron chi connectivity index (χ3n) is 3.31. The number of rotatable bonds is 3. The molecule has 0 bridgehead atoms. The SMILES string of the molecule is COC[C@H]1CCN(C2CCC2)C1. The molecule has 0 N–H and O–H groups in total. The molecule has 0 amide bonds. The summed E-state index contributed by atoms with van der Waals surface area (Å²) in [6.07, 6.45) is 5.69. The molecule has 2 aliphatic rings. The second-order valence-electron chi connectivity index (χ2n) is 4.19. The van der Waals surface area contributed by atoms with Crippen LogP contribution in [0.15, 0.2) is 0 Å². The lowest BCUT2D eigenvalue weighted by Crippen LogP contribution is -2.38. The maximum Gasteiger partial charge on any atom is 0.0503 e. The van der Waals surface area contributed by atoms with Crippen molar-refractivity contribution in [3.63, 3.8) is 0 Å². The number of nitrogens with zero attached hydrogens (tertiary/aromatic N) is 1. The summed E-state index contributed by atoms with van der Waals surface area (Å²) in [6, 6.07) is 0.937. The molecule has 0 aromatic heterocycles. The lowest BCUT2D eigenvalue weighted by atomic mass is 9.92. The molecule has 1 saturated carbocycles. The first-order valence-electron chi connectivity index (χ1n) is 5.13. The molecule has 1 aliphatic heterocycles. The summed E-state index contributed by atoms with van der Waals surface area (Å²) in [5.74, 6) is 0.815. The first-order chi connectivity index (χ1) is 5.90. The van der Waals surface area contributed by atoms with Crippen molar-refractivity contribution in [2.45, 2.75) is 31.7 Å². The summed E-state index contributed by atoms with van der Waals surface area (Å²) in [4.78, 5) is 2.66. The molecular weight excluding hydrogens is 150 g/mol. The molecule has 2 rings (SSSR count). The molecule has 2 heteroatoms. The van der Waals surface area contributed by atoms with E-state index in [1.54, 1.807) is 0 Å². The van der Waals surface area contributed by atoms with E-state index in [1.807, 2.05) is 7.11 Å². The van der Waals surface area contributed by atoms with Crippen molar-refractivity contribution in [1.29, 1.82) is 0 Å². The molecule has 2 fully saturated rings. The maximum atomic E-state index is 5.18. The van der Waals surface area contributed by atoms with E-state index in [4.69, 9.17) is 4.74 Å². The topological polar surface area (TPSA) is 12.5 Å². The van der Waals surface area contributed by atoms with Gasteiger partial charge in [0.2, 0.25) is 0 Å². The smallest absolute Gasteiger partial charge is 0.0503 e. The van der Waals surface area contributed by atoms with Gasteiger partial charge < -0.3 is 9.64 Å². The van der Waals surface area contributed by atoms with Gasteiger partial charge >= 0.3 is 0 Å². The van der Waals surface area contributed by atoms with Gasteiger partial charge in [-0.05, 0) is 31.7 Å². The zero-order valence-electron chi connectivity index (χ0n) is 7.96. The molecule has 70 valence electrons. The quantitative estimate of drug-likeness (QED) is 0.635. The second-order valence-corrected chi connectivity index (χ2v) is 4.19. The van der Waals surface area contributed by atoms with Crippen LogP contribution in [0.4, 0.5) is 0 Å². The summed E-state index contributed by atoms with van der Waals surface area (Å²) in [5.41, 5.74) is 0. The fourth-order valence-electron chi connectivity index (χ4n) is 2.32. The highest BCUT2D eigenvalue weighted by Crippen LogP contribution is 2.29. The average Bonchev–Trinajstić information content (AvgIpc) is 2.34. The summed E-state index contributed by atoms with van der Waals surface area (Å²) < 4.78 is 5.18. The standard InChI is InChI=1S/C10H19NO/c1-12-8-9-5-6-11(7-9)10-3-2-4-10/h9-10H,2-8H2,1H3/t9-/m0/s1. The maximum absolute atomic E-state index is 5.18. The van der Waals surface area contributed by atoms with Crippen LogP contribution in [0.3, 0.4) is 0 Å². The van der Waals surface area contributed by atoms with E-state index in [-0.39, 0.29) is 0 Å². The highest BCUT2D eigenvalue weighted by atomic mass is 16.5. The predicted octanol–water partition coefficient (Wildman–Crippen LogP) is 1.51. The van der Waals surface area contributed by atoms with Crippen LogP contribution in [0.1, 0.15) is 25.7 Å². The Bertz CT molecular complexity index is 145. The third-order valence-corrected chi connectivity index (χ3v) is 3.31. The Morgan fingerprint density at radius 1 is 1.33 bits per heavy atom. The van der Waals surface area contributed by atoms with Crippen molar-refractivity contribution in [3.8, 4) is 0 Å². The van der Waals surface area contributed by atoms with Gasteiger partial charge in [-0.25, -0.2) is 0 Å². The van der Waals surface area contributed by atoms with Crippen LogP contribution in [0.25, 0.3) is 0 Å². The van der Waals surface area contributed by atoms with Crippen LogP contribution in [0.5, 0.6) is 0 Å². The van der Waals surface area contributed by atoms with E-state index < -0.39 is 0 Å². The molecule has 0 spiro atoms. The predicted molar refractivity (Wildman–Crippen MR) is 49.2 cm³/mol. The average molecular weight is 169 g/mol. The number of ether oxygens (including phenoxy) is 1. The zero-order chi connectivity index (χ0) is 8.39. The normalized spacial score (nSPS) is 32.2. The summed E-state index contributed by atoms with van der Waals surface area (Å²) in [6.45, 7) is 3.57. The minimum Gasteiger partial charge on any atom is -0.384 e. The molecule has 12 heavy (non-hydrogen) atoms. The Labute approximate surface area is 74.9 Å². The Balaban J connectivity index is 1.73. The van der Waals surface area contributed by atoms with E-state index in [1.165, 1.54) is 38.8 Å². The van der Waals surface area contributed by atoms with E-state index >= 15 is 0 Å². The Morgan fingerprint density at radius 2 is 2.17 bits per heavy atom. The first-order valence-corrected chi connectivity index (χ1v) is 5.13. The Hall–Kier alpha value is -0.0800. The minimum absolute atomic E-state index is 0.815.